The number of ether oxygens (including phenoxy) is 1. The molecule has 0 saturated carbocycles. The van der Waals surface area contributed by atoms with Crippen molar-refractivity contribution >= 4 is 12.0 Å². The number of methoxy groups -OCH3 is 1. The minimum Gasteiger partial charge on any atom is -0.480 e. The van der Waals surface area contributed by atoms with E-state index in [0.717, 1.165) is 25.9 Å². The Bertz CT molecular complexity index is 287. The molecule has 0 fully saturated rings. The largest absolute Gasteiger partial charge is 0.480 e. The fraction of sp³-hybridized carbons (Fsp3) is 0.846. The van der Waals surface area contributed by atoms with E-state index >= 15 is 0 Å². The van der Waals surface area contributed by atoms with Crippen molar-refractivity contribution in [2.45, 2.75) is 46.1 Å². The Labute approximate surface area is 114 Å². The molecule has 0 aromatic carbocycles. The Kier molecular flexibility index (Phi) is 8.14. The summed E-state index contributed by atoms with van der Waals surface area (Å²) in [6.07, 6.45) is 2.78. The summed E-state index contributed by atoms with van der Waals surface area (Å²) in [6.45, 7) is 6.58. The summed E-state index contributed by atoms with van der Waals surface area (Å²) in [5.74, 6) is -1.03. The number of carbonyl (C=O) groups excluding carboxylic acids is 1. The zero-order chi connectivity index (χ0) is 14.9. The van der Waals surface area contributed by atoms with Crippen LogP contribution in [0.3, 0.4) is 0 Å². The van der Waals surface area contributed by atoms with Crippen molar-refractivity contribution in [3.8, 4) is 0 Å². The van der Waals surface area contributed by atoms with Gasteiger partial charge in [-0.2, -0.15) is 0 Å². The summed E-state index contributed by atoms with van der Waals surface area (Å²) in [7, 11) is 1.66. The van der Waals surface area contributed by atoms with Crippen LogP contribution >= 0.6 is 0 Å². The van der Waals surface area contributed by atoms with Gasteiger partial charge in [-0.1, -0.05) is 20.8 Å². The molecule has 112 valence electrons. The van der Waals surface area contributed by atoms with Crippen LogP contribution in [0.15, 0.2) is 0 Å². The van der Waals surface area contributed by atoms with Crippen LogP contribution in [-0.2, 0) is 9.53 Å². The molecule has 0 radical (unpaired) electrons. The molecule has 6 heteroatoms. The van der Waals surface area contributed by atoms with Gasteiger partial charge in [-0.3, -0.25) is 0 Å². The summed E-state index contributed by atoms with van der Waals surface area (Å²) >= 11 is 0. The molecule has 0 heterocycles. The summed E-state index contributed by atoms with van der Waals surface area (Å²) in [5, 5.41) is 14.2. The number of carbonyl (C=O) groups is 2. The van der Waals surface area contributed by atoms with Gasteiger partial charge in [-0.05, 0) is 24.7 Å². The standard InChI is InChI=1S/C13H26N2O4/c1-13(2,3)10(11(16)17)15-12(18)14-8-6-5-7-9-19-4/h10H,5-9H2,1-4H3,(H,16,17)(H2,14,15,18)/t10-/m1/s1. The minimum absolute atomic E-state index is 0.436. The highest BCUT2D eigenvalue weighted by atomic mass is 16.5. The highest BCUT2D eigenvalue weighted by Crippen LogP contribution is 2.19. The average molecular weight is 274 g/mol. The zero-order valence-corrected chi connectivity index (χ0v) is 12.3. The monoisotopic (exact) mass is 274 g/mol. The summed E-state index contributed by atoms with van der Waals surface area (Å²) in [4.78, 5) is 22.7. The average Bonchev–Trinajstić information content (AvgIpc) is 2.28. The number of aliphatic carboxylic acids is 1. The molecule has 0 aliphatic heterocycles. The molecule has 0 rings (SSSR count). The number of unbranched alkanes of at least 4 members (excludes halogenated alkanes) is 2. The second-order valence-corrected chi connectivity index (χ2v) is 5.59. The van der Waals surface area contributed by atoms with E-state index in [-0.39, 0.29) is 0 Å². The number of rotatable bonds is 8. The normalized spacial score (nSPS) is 12.8. The molecule has 0 saturated heterocycles. The Hall–Kier alpha value is -1.30. The predicted molar refractivity (Wildman–Crippen MR) is 73.1 cm³/mol. The van der Waals surface area contributed by atoms with E-state index in [1.165, 1.54) is 0 Å². The van der Waals surface area contributed by atoms with Gasteiger partial charge in [0.2, 0.25) is 0 Å². The first-order valence-corrected chi connectivity index (χ1v) is 6.55. The van der Waals surface area contributed by atoms with E-state index in [2.05, 4.69) is 10.6 Å². The zero-order valence-electron chi connectivity index (χ0n) is 12.3. The molecule has 0 unspecified atom stereocenters. The fourth-order valence-electron chi connectivity index (χ4n) is 1.58. The van der Waals surface area contributed by atoms with Gasteiger partial charge in [-0.15, -0.1) is 0 Å². The lowest BCUT2D eigenvalue weighted by molar-refractivity contribution is -0.141. The van der Waals surface area contributed by atoms with Crippen molar-refractivity contribution in [1.29, 1.82) is 0 Å². The van der Waals surface area contributed by atoms with E-state index < -0.39 is 23.5 Å². The van der Waals surface area contributed by atoms with Crippen molar-refractivity contribution in [1.82, 2.24) is 10.6 Å². The molecule has 6 nitrogen and oxygen atoms in total. The summed E-state index contributed by atoms with van der Waals surface area (Å²) < 4.78 is 4.92. The van der Waals surface area contributed by atoms with Gasteiger partial charge in [0.25, 0.3) is 0 Å². The van der Waals surface area contributed by atoms with Gasteiger partial charge in [0.1, 0.15) is 6.04 Å². The second-order valence-electron chi connectivity index (χ2n) is 5.59. The van der Waals surface area contributed by atoms with Crippen LogP contribution in [0.2, 0.25) is 0 Å². The number of nitrogens with one attached hydrogen (secondary N) is 2. The van der Waals surface area contributed by atoms with Gasteiger partial charge in [0.15, 0.2) is 0 Å². The second kappa shape index (κ2) is 8.74. The van der Waals surface area contributed by atoms with Crippen molar-refractivity contribution in [2.24, 2.45) is 5.41 Å². The number of carboxylic acids is 1. The van der Waals surface area contributed by atoms with E-state index in [1.807, 2.05) is 0 Å². The predicted octanol–water partition coefficient (Wildman–Crippen LogP) is 1.60. The Morgan fingerprint density at radius 1 is 1.21 bits per heavy atom. The fourth-order valence-corrected chi connectivity index (χ4v) is 1.58. The van der Waals surface area contributed by atoms with Gasteiger partial charge in [-0.25, -0.2) is 9.59 Å². The molecule has 0 aromatic heterocycles. The highest BCUT2D eigenvalue weighted by Gasteiger charge is 2.32. The lowest BCUT2D eigenvalue weighted by atomic mass is 9.87. The topological polar surface area (TPSA) is 87.7 Å². The molecule has 0 aliphatic carbocycles. The molecule has 1 atom stereocenters. The van der Waals surface area contributed by atoms with Gasteiger partial charge in [0, 0.05) is 20.3 Å². The van der Waals surface area contributed by atoms with Crippen LogP contribution in [0, 0.1) is 5.41 Å². The summed E-state index contributed by atoms with van der Waals surface area (Å²) in [6, 6.07) is -1.34. The number of carboxylic acid groups (broad SMARTS) is 1. The third-order valence-corrected chi connectivity index (χ3v) is 2.70. The first-order chi connectivity index (χ1) is 8.79. The van der Waals surface area contributed by atoms with Crippen LogP contribution < -0.4 is 10.6 Å². The molecular formula is C13H26N2O4. The quantitative estimate of drug-likeness (QED) is 0.587. The van der Waals surface area contributed by atoms with Crippen LogP contribution in [0.25, 0.3) is 0 Å². The van der Waals surface area contributed by atoms with Crippen molar-refractivity contribution in [3.05, 3.63) is 0 Å². The van der Waals surface area contributed by atoms with Crippen molar-refractivity contribution < 1.29 is 19.4 Å². The third kappa shape index (κ3) is 8.42. The Morgan fingerprint density at radius 3 is 2.32 bits per heavy atom. The maximum absolute atomic E-state index is 11.6. The Morgan fingerprint density at radius 2 is 1.84 bits per heavy atom. The molecule has 3 N–H and O–H groups in total. The van der Waals surface area contributed by atoms with Gasteiger partial charge in [0.05, 0.1) is 0 Å². The summed E-state index contributed by atoms with van der Waals surface area (Å²) in [5.41, 5.74) is -0.526. The highest BCUT2D eigenvalue weighted by molar-refractivity contribution is 5.83. The number of hydrogen-bond donors (Lipinski definition) is 3. The van der Waals surface area contributed by atoms with Crippen LogP contribution in [0.4, 0.5) is 4.79 Å². The van der Waals surface area contributed by atoms with Crippen LogP contribution in [0.1, 0.15) is 40.0 Å². The van der Waals surface area contributed by atoms with E-state index in [0.29, 0.717) is 6.54 Å². The SMILES string of the molecule is COCCCCCNC(=O)N[C@H](C(=O)O)C(C)(C)C. The van der Waals surface area contributed by atoms with E-state index in [4.69, 9.17) is 9.84 Å². The van der Waals surface area contributed by atoms with Gasteiger partial charge < -0.3 is 20.5 Å². The smallest absolute Gasteiger partial charge is 0.326 e. The molecule has 0 aromatic rings. The molecule has 19 heavy (non-hydrogen) atoms. The lowest BCUT2D eigenvalue weighted by Crippen LogP contribution is -2.52. The number of urea groups is 1. The van der Waals surface area contributed by atoms with Crippen LogP contribution in [-0.4, -0.2) is 43.4 Å². The molecule has 2 amide bonds. The molecule has 0 aliphatic rings. The molecule has 0 bridgehead atoms. The van der Waals surface area contributed by atoms with E-state index in [1.54, 1.807) is 27.9 Å². The van der Waals surface area contributed by atoms with Crippen molar-refractivity contribution in [2.75, 3.05) is 20.3 Å². The van der Waals surface area contributed by atoms with Gasteiger partial charge >= 0.3 is 12.0 Å². The number of amides is 2. The lowest BCUT2D eigenvalue weighted by Gasteiger charge is -2.27. The minimum atomic E-state index is -1.03. The molecule has 0 spiro atoms. The Balaban J connectivity index is 3.92. The maximum atomic E-state index is 11.6. The van der Waals surface area contributed by atoms with E-state index in [9.17, 15) is 9.59 Å². The first-order valence-electron chi connectivity index (χ1n) is 6.55. The maximum Gasteiger partial charge on any atom is 0.326 e. The third-order valence-electron chi connectivity index (χ3n) is 2.70. The first kappa shape index (κ1) is 17.7. The van der Waals surface area contributed by atoms with Crippen LogP contribution in [0.5, 0.6) is 0 Å². The molecular weight excluding hydrogens is 248 g/mol. The van der Waals surface area contributed by atoms with Crippen molar-refractivity contribution in [3.63, 3.8) is 0 Å². The number of hydrogen-bond acceptors (Lipinski definition) is 3.